The number of rotatable bonds is 9. The average molecular weight is 500 g/mol. The summed E-state index contributed by atoms with van der Waals surface area (Å²) in [4.78, 5) is 15.4. The van der Waals surface area contributed by atoms with Crippen LogP contribution in [0.4, 0.5) is 4.39 Å². The van der Waals surface area contributed by atoms with E-state index in [9.17, 15) is 14.3 Å². The van der Waals surface area contributed by atoms with Crippen LogP contribution >= 0.6 is 0 Å². The molecular weight excluding hydrogens is 457 g/mol. The number of Topliss-reactive ketones (excluding diaryl/α,β-unsaturated/α-hetero) is 1. The highest BCUT2D eigenvalue weighted by atomic mass is 28.4. The molecule has 4 nitrogen and oxygen atoms in total. The van der Waals surface area contributed by atoms with Crippen LogP contribution in [0.15, 0.2) is 48.5 Å². The van der Waals surface area contributed by atoms with E-state index in [-0.39, 0.29) is 17.6 Å². The number of ketones is 1. The van der Waals surface area contributed by atoms with E-state index < -0.39 is 13.9 Å². The Bertz CT molecular complexity index is 958. The van der Waals surface area contributed by atoms with E-state index in [0.29, 0.717) is 48.1 Å². The molecule has 1 N–H and O–H groups in total. The molecule has 1 aliphatic heterocycles. The SMILES string of the molecule is CC(C(=O)c1ccc(O[Si](C(C)C)(C(C)C)C(C)C)cc1)N1CCC(O)(c2ccc(F)cc2)CC1. The molecule has 192 valence electrons. The first kappa shape index (κ1) is 27.6. The van der Waals surface area contributed by atoms with Crippen molar-refractivity contribution in [3.63, 3.8) is 0 Å². The predicted octanol–water partition coefficient (Wildman–Crippen LogP) is 6.93. The van der Waals surface area contributed by atoms with Crippen molar-refractivity contribution in [2.75, 3.05) is 13.1 Å². The maximum atomic E-state index is 13.3. The molecule has 3 rings (SSSR count). The number of benzene rings is 2. The molecule has 1 unspecified atom stereocenters. The summed E-state index contributed by atoms with van der Waals surface area (Å²) in [5.74, 6) is 0.610. The molecule has 0 spiro atoms. The van der Waals surface area contributed by atoms with Gasteiger partial charge in [0.2, 0.25) is 0 Å². The molecule has 2 aromatic rings. The highest BCUT2D eigenvalue weighted by molar-refractivity contribution is 6.78. The molecule has 2 aromatic carbocycles. The Morgan fingerprint density at radius 3 is 1.83 bits per heavy atom. The van der Waals surface area contributed by atoms with E-state index in [2.05, 4.69) is 46.4 Å². The molecule has 1 saturated heterocycles. The number of halogens is 1. The van der Waals surface area contributed by atoms with Crippen molar-refractivity contribution in [3.8, 4) is 5.75 Å². The summed E-state index contributed by atoms with van der Waals surface area (Å²) in [5, 5.41) is 11.1. The van der Waals surface area contributed by atoms with Crippen molar-refractivity contribution in [1.82, 2.24) is 4.90 Å². The van der Waals surface area contributed by atoms with Gasteiger partial charge in [0.15, 0.2) is 5.78 Å². The van der Waals surface area contributed by atoms with Crippen molar-refractivity contribution < 1.29 is 18.7 Å². The molecule has 6 heteroatoms. The largest absolute Gasteiger partial charge is 0.543 e. The van der Waals surface area contributed by atoms with E-state index in [1.807, 2.05) is 31.2 Å². The topological polar surface area (TPSA) is 49.8 Å². The Balaban J connectivity index is 1.66. The summed E-state index contributed by atoms with van der Waals surface area (Å²) in [6.45, 7) is 16.7. The summed E-state index contributed by atoms with van der Waals surface area (Å²) < 4.78 is 20.0. The normalized spacial score (nSPS) is 17.7. The van der Waals surface area contributed by atoms with Gasteiger partial charge in [0.25, 0.3) is 8.32 Å². The van der Waals surface area contributed by atoms with Crippen LogP contribution < -0.4 is 4.43 Å². The van der Waals surface area contributed by atoms with Gasteiger partial charge in [-0.2, -0.15) is 0 Å². The van der Waals surface area contributed by atoms with Crippen LogP contribution in [0, 0.1) is 5.82 Å². The Morgan fingerprint density at radius 1 is 0.886 bits per heavy atom. The predicted molar refractivity (Wildman–Crippen MR) is 143 cm³/mol. The zero-order chi connectivity index (χ0) is 26.0. The number of carbonyl (C=O) groups is 1. The second-order valence-corrected chi connectivity index (χ2v) is 16.4. The standard InChI is InChI=1S/C29H42FNO3Si/c1-20(2)35(21(3)4,22(5)6)34-27-14-8-24(9-15-27)28(32)23(7)31-18-16-29(33,17-19-31)25-10-12-26(30)13-11-25/h8-15,20-23,33H,16-19H2,1-7H3. The van der Waals surface area contributed by atoms with Gasteiger partial charge in [-0.3, -0.25) is 9.69 Å². The second kappa shape index (κ2) is 10.9. The monoisotopic (exact) mass is 499 g/mol. The number of likely N-dealkylation sites (tertiary alicyclic amines) is 1. The van der Waals surface area contributed by atoms with E-state index in [1.165, 1.54) is 12.1 Å². The second-order valence-electron chi connectivity index (χ2n) is 11.1. The Kier molecular flexibility index (Phi) is 8.61. The minimum Gasteiger partial charge on any atom is -0.543 e. The summed E-state index contributed by atoms with van der Waals surface area (Å²) in [6, 6.07) is 13.4. The van der Waals surface area contributed by atoms with Crippen LogP contribution in [-0.2, 0) is 5.60 Å². The third-order valence-corrected chi connectivity index (χ3v) is 14.1. The molecule has 0 radical (unpaired) electrons. The number of hydrogen-bond acceptors (Lipinski definition) is 4. The van der Waals surface area contributed by atoms with Gasteiger partial charge in [-0.25, -0.2) is 4.39 Å². The van der Waals surface area contributed by atoms with Crippen LogP contribution in [0.25, 0.3) is 0 Å². The van der Waals surface area contributed by atoms with Crippen molar-refractivity contribution in [2.45, 2.75) is 89.6 Å². The molecule has 0 aromatic heterocycles. The molecule has 0 saturated carbocycles. The lowest BCUT2D eigenvalue weighted by molar-refractivity contribution is -0.0318. The van der Waals surface area contributed by atoms with E-state index >= 15 is 0 Å². The highest BCUT2D eigenvalue weighted by Gasteiger charge is 2.47. The fraction of sp³-hybridized carbons (Fsp3) is 0.552. The van der Waals surface area contributed by atoms with Crippen LogP contribution in [0.3, 0.4) is 0 Å². The first-order chi connectivity index (χ1) is 16.4. The number of piperidine rings is 1. The van der Waals surface area contributed by atoms with Crippen molar-refractivity contribution in [2.24, 2.45) is 0 Å². The van der Waals surface area contributed by atoms with Gasteiger partial charge in [0.1, 0.15) is 11.6 Å². The molecule has 1 heterocycles. The van der Waals surface area contributed by atoms with Gasteiger partial charge in [0, 0.05) is 18.7 Å². The summed E-state index contributed by atoms with van der Waals surface area (Å²) >= 11 is 0. The maximum Gasteiger partial charge on any atom is 0.258 e. The van der Waals surface area contributed by atoms with Crippen molar-refractivity contribution in [1.29, 1.82) is 0 Å². The lowest BCUT2D eigenvalue weighted by Crippen LogP contribution is -2.50. The first-order valence-electron chi connectivity index (χ1n) is 13.0. The summed E-state index contributed by atoms with van der Waals surface area (Å²) in [7, 11) is -2.04. The molecule has 0 bridgehead atoms. The average Bonchev–Trinajstić information content (AvgIpc) is 2.82. The minimum atomic E-state index is -2.04. The lowest BCUT2D eigenvalue weighted by atomic mass is 9.84. The van der Waals surface area contributed by atoms with E-state index in [1.54, 1.807) is 12.1 Å². The van der Waals surface area contributed by atoms with Gasteiger partial charge in [-0.05, 0) is 78.4 Å². The first-order valence-corrected chi connectivity index (χ1v) is 15.1. The third kappa shape index (κ3) is 5.70. The smallest absolute Gasteiger partial charge is 0.258 e. The number of nitrogens with zero attached hydrogens (tertiary/aromatic N) is 1. The van der Waals surface area contributed by atoms with Crippen molar-refractivity contribution in [3.05, 3.63) is 65.5 Å². The Morgan fingerprint density at radius 2 is 1.37 bits per heavy atom. The zero-order valence-corrected chi connectivity index (χ0v) is 23.3. The van der Waals surface area contributed by atoms with Gasteiger partial charge in [-0.15, -0.1) is 0 Å². The van der Waals surface area contributed by atoms with Crippen LogP contribution in [0.1, 0.15) is 77.2 Å². The molecule has 1 atom stereocenters. The number of aliphatic hydroxyl groups is 1. The van der Waals surface area contributed by atoms with Crippen LogP contribution in [-0.4, -0.2) is 43.2 Å². The fourth-order valence-electron chi connectivity index (χ4n) is 5.98. The summed E-state index contributed by atoms with van der Waals surface area (Å²) in [6.07, 6.45) is 1.02. The van der Waals surface area contributed by atoms with Gasteiger partial charge >= 0.3 is 0 Å². The molecular formula is C29H42FNO3Si. The Labute approximate surface area is 211 Å². The lowest BCUT2D eigenvalue weighted by Gasteiger charge is -2.42. The molecule has 1 fully saturated rings. The molecule has 1 aliphatic rings. The quantitative estimate of drug-likeness (QED) is 0.300. The number of hydrogen-bond donors (Lipinski definition) is 1. The van der Waals surface area contributed by atoms with Gasteiger partial charge in [0.05, 0.1) is 11.6 Å². The molecule has 0 aliphatic carbocycles. The van der Waals surface area contributed by atoms with E-state index in [0.717, 1.165) is 11.3 Å². The minimum absolute atomic E-state index is 0.0730. The zero-order valence-electron chi connectivity index (χ0n) is 22.3. The molecule has 0 amide bonds. The summed E-state index contributed by atoms with van der Waals surface area (Å²) in [5.41, 5.74) is 1.88. The van der Waals surface area contributed by atoms with Crippen LogP contribution in [0.2, 0.25) is 16.6 Å². The van der Waals surface area contributed by atoms with Crippen LogP contribution in [0.5, 0.6) is 5.75 Å². The Hall–Kier alpha value is -2.02. The fourth-order valence-corrected chi connectivity index (χ4v) is 11.2. The van der Waals surface area contributed by atoms with E-state index in [4.69, 9.17) is 4.43 Å². The number of carbonyl (C=O) groups excluding carboxylic acids is 1. The third-order valence-electron chi connectivity index (χ3n) is 8.07. The van der Waals surface area contributed by atoms with Gasteiger partial charge in [-0.1, -0.05) is 53.7 Å². The van der Waals surface area contributed by atoms with Gasteiger partial charge < -0.3 is 9.53 Å². The highest BCUT2D eigenvalue weighted by Crippen LogP contribution is 2.42. The van der Waals surface area contributed by atoms with Crippen molar-refractivity contribution >= 4 is 14.1 Å². The maximum absolute atomic E-state index is 13.3. The molecule has 35 heavy (non-hydrogen) atoms.